The van der Waals surface area contributed by atoms with Gasteiger partial charge in [-0.15, -0.1) is 0 Å². The summed E-state index contributed by atoms with van der Waals surface area (Å²) in [6.07, 6.45) is 7.90. The number of amides is 3. The minimum atomic E-state index is -0.872. The molecule has 2 aromatic rings. The van der Waals surface area contributed by atoms with E-state index < -0.39 is 12.0 Å². The monoisotopic (exact) mass is 518 g/mol. The zero-order chi connectivity index (χ0) is 27.7. The molecule has 1 heterocycles. The first-order valence-electron chi connectivity index (χ1n) is 12.3. The van der Waals surface area contributed by atoms with Crippen molar-refractivity contribution in [3.8, 4) is 5.75 Å². The van der Waals surface area contributed by atoms with Gasteiger partial charge in [-0.25, -0.2) is 4.79 Å². The van der Waals surface area contributed by atoms with Gasteiger partial charge in [0.1, 0.15) is 5.75 Å². The Morgan fingerprint density at radius 2 is 1.82 bits per heavy atom. The molecule has 38 heavy (non-hydrogen) atoms. The van der Waals surface area contributed by atoms with Gasteiger partial charge in [-0.1, -0.05) is 37.3 Å². The Balaban J connectivity index is 1.81. The highest BCUT2D eigenvalue weighted by atomic mass is 16.5. The molecular weight excluding hydrogens is 484 g/mol. The number of para-hydroxylation sites is 1. The number of ether oxygens (including phenoxy) is 1. The number of hydrogen-bond acceptors (Lipinski definition) is 5. The molecule has 9 nitrogen and oxygen atoms in total. The number of carboxylic acids is 1. The standard InChI is InChI=1S/C29H34N4O5/c1-18-8-5-6-10-23(18)32-29(37)33-24-12-11-22(17-27(24)38-4)26(31-20(3)34)16-21-9-7-13-30-25(15-21)19(2)14-28(35)36/h5-13,15,17,19,26,30H,14,16H2,1-4H3,(H,31,34)(H,35,36)(H2,32,33,37). The summed E-state index contributed by atoms with van der Waals surface area (Å²) in [5.74, 6) is -0.835. The molecule has 0 fully saturated rings. The Hall–Kier alpha value is -4.53. The van der Waals surface area contributed by atoms with Gasteiger partial charge in [0, 0.05) is 30.4 Å². The molecule has 9 heteroatoms. The van der Waals surface area contributed by atoms with Crippen molar-refractivity contribution in [2.45, 2.75) is 39.7 Å². The second kappa shape index (κ2) is 13.1. The maximum Gasteiger partial charge on any atom is 0.323 e. The molecule has 1 aliphatic rings. The third kappa shape index (κ3) is 7.99. The molecule has 1 aliphatic heterocycles. The Kier molecular flexibility index (Phi) is 9.70. The summed E-state index contributed by atoms with van der Waals surface area (Å²) in [7, 11) is 1.51. The summed E-state index contributed by atoms with van der Waals surface area (Å²) in [6, 6.07) is 12.0. The van der Waals surface area contributed by atoms with Crippen LogP contribution in [0.3, 0.4) is 0 Å². The molecule has 0 aliphatic carbocycles. The molecule has 5 N–H and O–H groups in total. The van der Waals surface area contributed by atoms with E-state index in [0.717, 1.165) is 22.4 Å². The lowest BCUT2D eigenvalue weighted by Crippen LogP contribution is -2.26. The smallest absolute Gasteiger partial charge is 0.323 e. The summed E-state index contributed by atoms with van der Waals surface area (Å²) >= 11 is 0. The Morgan fingerprint density at radius 1 is 1.08 bits per heavy atom. The molecule has 0 saturated heterocycles. The molecule has 0 spiro atoms. The first-order chi connectivity index (χ1) is 18.2. The number of rotatable bonds is 10. The van der Waals surface area contributed by atoms with Crippen molar-refractivity contribution in [1.29, 1.82) is 0 Å². The van der Waals surface area contributed by atoms with E-state index in [1.807, 2.05) is 62.4 Å². The van der Waals surface area contributed by atoms with Crippen LogP contribution in [0, 0.1) is 12.8 Å². The first kappa shape index (κ1) is 28.0. The molecule has 2 unspecified atom stereocenters. The number of aryl methyl sites for hydroxylation is 1. The highest BCUT2D eigenvalue weighted by molar-refractivity contribution is 6.01. The Labute approximate surface area is 222 Å². The van der Waals surface area contributed by atoms with Gasteiger partial charge in [0.25, 0.3) is 0 Å². The number of nitrogens with one attached hydrogen (secondary N) is 4. The van der Waals surface area contributed by atoms with Crippen LogP contribution < -0.4 is 26.0 Å². The predicted octanol–water partition coefficient (Wildman–Crippen LogP) is 5.25. The highest BCUT2D eigenvalue weighted by Crippen LogP contribution is 2.32. The van der Waals surface area contributed by atoms with Crippen molar-refractivity contribution in [1.82, 2.24) is 10.6 Å². The molecule has 2 aromatic carbocycles. The van der Waals surface area contributed by atoms with E-state index in [1.54, 1.807) is 18.3 Å². The lowest BCUT2D eigenvalue weighted by Gasteiger charge is -2.21. The fourth-order valence-corrected chi connectivity index (χ4v) is 4.14. The molecule has 2 atom stereocenters. The van der Waals surface area contributed by atoms with Crippen molar-refractivity contribution in [3.63, 3.8) is 0 Å². The zero-order valence-corrected chi connectivity index (χ0v) is 22.0. The molecule has 3 amide bonds. The largest absolute Gasteiger partial charge is 0.495 e. The molecule has 0 aromatic heterocycles. The van der Waals surface area contributed by atoms with Crippen molar-refractivity contribution in [2.75, 3.05) is 17.7 Å². The van der Waals surface area contributed by atoms with Gasteiger partial charge >= 0.3 is 12.0 Å². The summed E-state index contributed by atoms with van der Waals surface area (Å²) in [5.41, 5.74) is 4.61. The number of benzene rings is 2. The number of carbonyl (C=O) groups excluding carboxylic acids is 2. The Bertz CT molecular complexity index is 1280. The van der Waals surface area contributed by atoms with E-state index in [-0.39, 0.29) is 24.3 Å². The van der Waals surface area contributed by atoms with E-state index in [2.05, 4.69) is 21.3 Å². The molecule has 0 radical (unpaired) electrons. The summed E-state index contributed by atoms with van der Waals surface area (Å²) in [6.45, 7) is 5.21. The van der Waals surface area contributed by atoms with Gasteiger partial charge in [0.15, 0.2) is 0 Å². The number of aliphatic carboxylic acids is 1. The summed E-state index contributed by atoms with van der Waals surface area (Å²) in [4.78, 5) is 35.9. The number of urea groups is 1. The predicted molar refractivity (Wildman–Crippen MR) is 148 cm³/mol. The van der Waals surface area contributed by atoms with Crippen LogP contribution in [-0.4, -0.2) is 30.1 Å². The number of anilines is 2. The van der Waals surface area contributed by atoms with Gasteiger partial charge in [-0.2, -0.15) is 0 Å². The van der Waals surface area contributed by atoms with Crippen LogP contribution in [0.25, 0.3) is 0 Å². The fourth-order valence-electron chi connectivity index (χ4n) is 4.14. The zero-order valence-electron chi connectivity index (χ0n) is 22.0. The second-order valence-corrected chi connectivity index (χ2v) is 9.15. The molecule has 200 valence electrons. The molecule has 3 rings (SSSR count). The van der Waals surface area contributed by atoms with Gasteiger partial charge in [0.2, 0.25) is 5.91 Å². The van der Waals surface area contributed by atoms with Crippen LogP contribution >= 0.6 is 0 Å². The minimum absolute atomic E-state index is 0.00183. The highest BCUT2D eigenvalue weighted by Gasteiger charge is 2.19. The van der Waals surface area contributed by atoms with Gasteiger partial charge in [0.05, 0.1) is 25.3 Å². The average molecular weight is 519 g/mol. The number of carbonyl (C=O) groups is 3. The van der Waals surface area contributed by atoms with Crippen LogP contribution in [-0.2, 0) is 9.59 Å². The van der Waals surface area contributed by atoms with Crippen molar-refractivity contribution >= 4 is 29.3 Å². The summed E-state index contributed by atoms with van der Waals surface area (Å²) in [5, 5.41) is 21.0. The van der Waals surface area contributed by atoms with E-state index in [9.17, 15) is 19.5 Å². The maximum atomic E-state index is 12.6. The van der Waals surface area contributed by atoms with E-state index in [1.165, 1.54) is 14.0 Å². The van der Waals surface area contributed by atoms with Gasteiger partial charge < -0.3 is 31.1 Å². The molecular formula is C29H34N4O5. The Morgan fingerprint density at radius 3 is 2.50 bits per heavy atom. The normalized spacial score (nSPS) is 14.1. The lowest BCUT2D eigenvalue weighted by molar-refractivity contribution is -0.137. The quantitative estimate of drug-likeness (QED) is 0.292. The minimum Gasteiger partial charge on any atom is -0.495 e. The molecule has 0 saturated carbocycles. The van der Waals surface area contributed by atoms with E-state index in [0.29, 0.717) is 23.5 Å². The number of methoxy groups -OCH3 is 1. The number of hydrogen-bond donors (Lipinski definition) is 5. The van der Waals surface area contributed by atoms with Gasteiger partial charge in [-0.05, 0) is 60.4 Å². The number of allylic oxidation sites excluding steroid dienone is 4. The lowest BCUT2D eigenvalue weighted by atomic mass is 9.95. The molecule has 0 bridgehead atoms. The van der Waals surface area contributed by atoms with E-state index >= 15 is 0 Å². The second-order valence-electron chi connectivity index (χ2n) is 9.15. The van der Waals surface area contributed by atoms with Crippen molar-refractivity contribution in [2.24, 2.45) is 5.92 Å². The van der Waals surface area contributed by atoms with Crippen molar-refractivity contribution in [3.05, 3.63) is 89.3 Å². The van der Waals surface area contributed by atoms with Crippen LogP contribution in [0.15, 0.2) is 78.2 Å². The third-order valence-electron chi connectivity index (χ3n) is 6.10. The maximum absolute atomic E-state index is 12.6. The first-order valence-corrected chi connectivity index (χ1v) is 12.3. The van der Waals surface area contributed by atoms with Crippen LogP contribution in [0.4, 0.5) is 16.2 Å². The SMILES string of the molecule is COc1cc(C(CC2=CC=CNC(C(C)CC(=O)O)=C2)NC(C)=O)ccc1NC(=O)Nc1ccccc1C. The van der Waals surface area contributed by atoms with Crippen LogP contribution in [0.5, 0.6) is 5.75 Å². The fraction of sp³-hybridized carbons (Fsp3) is 0.276. The van der Waals surface area contributed by atoms with Crippen LogP contribution in [0.1, 0.15) is 43.9 Å². The average Bonchev–Trinajstić information content (AvgIpc) is 3.10. The van der Waals surface area contributed by atoms with Crippen molar-refractivity contribution < 1.29 is 24.2 Å². The van der Waals surface area contributed by atoms with Gasteiger partial charge in [-0.3, -0.25) is 9.59 Å². The van der Waals surface area contributed by atoms with E-state index in [4.69, 9.17) is 4.74 Å². The van der Waals surface area contributed by atoms with Crippen LogP contribution in [0.2, 0.25) is 0 Å². The number of carboxylic acid groups (broad SMARTS) is 1. The third-order valence-corrected chi connectivity index (χ3v) is 6.10. The topological polar surface area (TPSA) is 129 Å². The summed E-state index contributed by atoms with van der Waals surface area (Å²) < 4.78 is 5.55.